The number of sulfonamides is 1. The number of hydrogen-bond donors (Lipinski definition) is 1. The van der Waals surface area contributed by atoms with Crippen molar-refractivity contribution in [3.63, 3.8) is 0 Å². The van der Waals surface area contributed by atoms with Crippen LogP contribution in [0.1, 0.15) is 24.1 Å². The summed E-state index contributed by atoms with van der Waals surface area (Å²) in [4.78, 5) is 13.4. The molecule has 9 heteroatoms. The molecule has 0 fully saturated rings. The summed E-state index contributed by atoms with van der Waals surface area (Å²) in [6, 6.07) is 18.4. The van der Waals surface area contributed by atoms with E-state index in [2.05, 4.69) is 5.32 Å². The van der Waals surface area contributed by atoms with Gasteiger partial charge in [-0.25, -0.2) is 8.42 Å². The van der Waals surface area contributed by atoms with Crippen LogP contribution in [-0.4, -0.2) is 41.2 Å². The molecule has 4 rings (SSSR count). The van der Waals surface area contributed by atoms with Crippen LogP contribution >= 0.6 is 0 Å². The number of ether oxygens (including phenoxy) is 3. The van der Waals surface area contributed by atoms with E-state index in [-0.39, 0.29) is 17.5 Å². The quantitative estimate of drug-likeness (QED) is 0.534. The van der Waals surface area contributed by atoms with Gasteiger partial charge in [0.1, 0.15) is 5.75 Å². The van der Waals surface area contributed by atoms with Gasteiger partial charge in [0.25, 0.3) is 15.9 Å². The fourth-order valence-corrected chi connectivity index (χ4v) is 5.39. The third-order valence-electron chi connectivity index (χ3n) is 5.90. The number of anilines is 1. The van der Waals surface area contributed by atoms with Gasteiger partial charge in [0.05, 0.1) is 37.4 Å². The van der Waals surface area contributed by atoms with E-state index in [1.807, 2.05) is 19.9 Å². The number of fused-ring (bicyclic) bond motifs is 1. The van der Waals surface area contributed by atoms with Crippen molar-refractivity contribution >= 4 is 21.6 Å². The predicted molar refractivity (Wildman–Crippen MR) is 133 cm³/mol. The molecule has 0 spiro atoms. The average Bonchev–Trinajstić information content (AvgIpc) is 2.87. The van der Waals surface area contributed by atoms with E-state index in [1.54, 1.807) is 74.9 Å². The van der Waals surface area contributed by atoms with E-state index in [1.165, 1.54) is 4.31 Å². The van der Waals surface area contributed by atoms with Gasteiger partial charge in [-0.2, -0.15) is 0 Å². The van der Waals surface area contributed by atoms with Crippen molar-refractivity contribution in [1.29, 1.82) is 0 Å². The van der Waals surface area contributed by atoms with Crippen LogP contribution in [0, 0.1) is 6.92 Å². The lowest BCUT2D eigenvalue weighted by molar-refractivity contribution is -0.128. The van der Waals surface area contributed by atoms with Crippen molar-refractivity contribution in [2.45, 2.75) is 30.9 Å². The molecular weight excluding hydrogens is 468 g/mol. The van der Waals surface area contributed by atoms with Crippen molar-refractivity contribution in [3.05, 3.63) is 77.9 Å². The molecule has 3 aromatic rings. The fourth-order valence-electron chi connectivity index (χ4n) is 3.92. The van der Waals surface area contributed by atoms with E-state index in [4.69, 9.17) is 14.2 Å². The number of para-hydroxylation sites is 2. The molecular formula is C26H28N2O6S. The van der Waals surface area contributed by atoms with Crippen LogP contribution in [0.5, 0.6) is 17.2 Å². The molecule has 1 heterocycles. The highest BCUT2D eigenvalue weighted by molar-refractivity contribution is 7.92. The molecule has 0 aromatic heterocycles. The van der Waals surface area contributed by atoms with E-state index < -0.39 is 22.0 Å². The molecule has 0 saturated carbocycles. The molecule has 35 heavy (non-hydrogen) atoms. The highest BCUT2D eigenvalue weighted by atomic mass is 32.2. The molecule has 0 bridgehead atoms. The van der Waals surface area contributed by atoms with E-state index in [0.29, 0.717) is 22.9 Å². The van der Waals surface area contributed by atoms with Gasteiger partial charge in [-0.3, -0.25) is 9.10 Å². The summed E-state index contributed by atoms with van der Waals surface area (Å²) in [5, 5.41) is 2.92. The zero-order valence-corrected chi connectivity index (χ0v) is 20.8. The van der Waals surface area contributed by atoms with Gasteiger partial charge in [-0.1, -0.05) is 35.9 Å². The largest absolute Gasteiger partial charge is 0.493 e. The predicted octanol–water partition coefficient (Wildman–Crippen LogP) is 3.85. The van der Waals surface area contributed by atoms with Crippen molar-refractivity contribution in [2.75, 3.05) is 25.1 Å². The van der Waals surface area contributed by atoms with E-state index in [9.17, 15) is 13.2 Å². The Labute approximate surface area is 205 Å². The summed E-state index contributed by atoms with van der Waals surface area (Å²) in [6.07, 6.45) is -1.03. The second-order valence-electron chi connectivity index (χ2n) is 8.27. The molecule has 3 aromatic carbocycles. The molecule has 1 aliphatic heterocycles. The first-order valence-corrected chi connectivity index (χ1v) is 12.6. The number of hydrogen-bond acceptors (Lipinski definition) is 6. The highest BCUT2D eigenvalue weighted by Gasteiger charge is 2.37. The summed E-state index contributed by atoms with van der Waals surface area (Å²) in [6.45, 7) is 3.56. The van der Waals surface area contributed by atoms with E-state index in [0.717, 1.165) is 11.1 Å². The molecule has 1 N–H and O–H groups in total. The number of carbonyl (C=O) groups excluding carboxylic acids is 1. The van der Waals surface area contributed by atoms with Gasteiger partial charge in [0, 0.05) is 0 Å². The number of benzene rings is 3. The molecule has 2 atom stereocenters. The Hall–Kier alpha value is -3.72. The zero-order valence-electron chi connectivity index (χ0n) is 20.0. The van der Waals surface area contributed by atoms with Crippen molar-refractivity contribution in [1.82, 2.24) is 5.32 Å². The third-order valence-corrected chi connectivity index (χ3v) is 7.70. The lowest BCUT2D eigenvalue weighted by atomic mass is 10.1. The maximum atomic E-state index is 13.5. The SMILES string of the molecule is COc1ccc([C@H](C)NC(=O)[C@H]2CN(S(=O)(=O)c3ccc(C)cc3)c3ccccc3O2)cc1OC. The molecule has 0 saturated heterocycles. The second-order valence-corrected chi connectivity index (χ2v) is 10.1. The molecule has 1 aliphatic rings. The van der Waals surface area contributed by atoms with E-state index >= 15 is 0 Å². The third kappa shape index (κ3) is 4.90. The lowest BCUT2D eigenvalue weighted by Gasteiger charge is -2.35. The van der Waals surface area contributed by atoms with Crippen molar-refractivity contribution in [3.8, 4) is 17.2 Å². The zero-order chi connectivity index (χ0) is 25.2. The van der Waals surface area contributed by atoms with Gasteiger partial charge in [0.2, 0.25) is 0 Å². The normalized spacial score (nSPS) is 16.0. The molecule has 184 valence electrons. The number of carbonyl (C=O) groups is 1. The highest BCUT2D eigenvalue weighted by Crippen LogP contribution is 2.37. The van der Waals surface area contributed by atoms with Crippen LogP contribution in [0.4, 0.5) is 5.69 Å². The summed E-state index contributed by atoms with van der Waals surface area (Å²) in [5.41, 5.74) is 2.15. The Balaban J connectivity index is 1.59. The summed E-state index contributed by atoms with van der Waals surface area (Å²) >= 11 is 0. The molecule has 0 aliphatic carbocycles. The van der Waals surface area contributed by atoms with Gasteiger partial charge in [0.15, 0.2) is 17.6 Å². The maximum Gasteiger partial charge on any atom is 0.264 e. The first-order chi connectivity index (χ1) is 16.7. The Morgan fingerprint density at radius 3 is 2.40 bits per heavy atom. The Morgan fingerprint density at radius 1 is 1.03 bits per heavy atom. The average molecular weight is 497 g/mol. The number of methoxy groups -OCH3 is 2. The number of rotatable bonds is 7. The van der Waals surface area contributed by atoms with Crippen LogP contribution in [0.3, 0.4) is 0 Å². The minimum Gasteiger partial charge on any atom is -0.493 e. The lowest BCUT2D eigenvalue weighted by Crippen LogP contribution is -2.51. The van der Waals surface area contributed by atoms with Gasteiger partial charge < -0.3 is 19.5 Å². The standard InChI is InChI=1S/C26H28N2O6S/c1-17-9-12-20(13-10-17)35(30,31)28-16-25(34-22-8-6-5-7-21(22)28)26(29)27-18(2)19-11-14-23(32-3)24(15-19)33-4/h5-15,18,25H,16H2,1-4H3,(H,27,29)/t18-,25+/m0/s1. The van der Waals surface area contributed by atoms with Crippen LogP contribution in [0.25, 0.3) is 0 Å². The summed E-state index contributed by atoms with van der Waals surface area (Å²) in [7, 11) is -0.817. The number of aryl methyl sites for hydroxylation is 1. The van der Waals surface area contributed by atoms with Gasteiger partial charge in [-0.15, -0.1) is 0 Å². The smallest absolute Gasteiger partial charge is 0.264 e. The minimum atomic E-state index is -3.91. The molecule has 0 radical (unpaired) electrons. The van der Waals surface area contributed by atoms with Crippen molar-refractivity contribution in [2.24, 2.45) is 0 Å². The van der Waals surface area contributed by atoms with Crippen LogP contribution in [0.15, 0.2) is 71.6 Å². The maximum absolute atomic E-state index is 13.5. The Kier molecular flexibility index (Phi) is 6.88. The Bertz CT molecular complexity index is 1320. The first-order valence-electron chi connectivity index (χ1n) is 11.1. The second kappa shape index (κ2) is 9.87. The number of nitrogens with zero attached hydrogens (tertiary/aromatic N) is 1. The monoisotopic (exact) mass is 496 g/mol. The topological polar surface area (TPSA) is 94.2 Å². The number of amides is 1. The van der Waals surface area contributed by atoms with Crippen molar-refractivity contribution < 1.29 is 27.4 Å². The fraction of sp³-hybridized carbons (Fsp3) is 0.269. The van der Waals surface area contributed by atoms with Gasteiger partial charge >= 0.3 is 0 Å². The molecule has 0 unspecified atom stereocenters. The molecule has 1 amide bonds. The summed E-state index contributed by atoms with van der Waals surface area (Å²) in [5.74, 6) is 1.03. The Morgan fingerprint density at radius 2 is 1.71 bits per heavy atom. The van der Waals surface area contributed by atoms with Gasteiger partial charge in [-0.05, 0) is 55.8 Å². The number of nitrogens with one attached hydrogen (secondary N) is 1. The van der Waals surface area contributed by atoms with Crippen LogP contribution in [-0.2, 0) is 14.8 Å². The minimum absolute atomic E-state index is 0.151. The van der Waals surface area contributed by atoms with Crippen LogP contribution < -0.4 is 23.8 Å². The summed E-state index contributed by atoms with van der Waals surface area (Å²) < 4.78 is 44.8. The molecule has 8 nitrogen and oxygen atoms in total. The first kappa shape index (κ1) is 24.4. The van der Waals surface area contributed by atoms with Crippen LogP contribution in [0.2, 0.25) is 0 Å².